The van der Waals surface area contributed by atoms with Gasteiger partial charge in [0, 0.05) is 11.8 Å². The molecule has 3 N–H and O–H groups in total. The van der Waals surface area contributed by atoms with Gasteiger partial charge in [0.05, 0.1) is 12.3 Å². The van der Waals surface area contributed by atoms with Crippen LogP contribution in [-0.2, 0) is 22.1 Å². The highest BCUT2D eigenvalue weighted by Crippen LogP contribution is 2.13. The summed E-state index contributed by atoms with van der Waals surface area (Å²) in [6.45, 7) is 6.34. The first-order valence-electron chi connectivity index (χ1n) is 6.39. The van der Waals surface area contributed by atoms with E-state index in [1.165, 1.54) is 6.26 Å². The Balaban J connectivity index is 0.00000400. The van der Waals surface area contributed by atoms with Crippen LogP contribution in [0.5, 0.6) is 0 Å². The second-order valence-corrected chi connectivity index (χ2v) is 8.06. The Morgan fingerprint density at radius 1 is 1.24 bits per heavy atom. The van der Waals surface area contributed by atoms with Crippen molar-refractivity contribution in [1.82, 2.24) is 5.32 Å². The molecule has 21 heavy (non-hydrogen) atoms. The lowest BCUT2D eigenvalue weighted by atomic mass is 10.1. The number of sulfone groups is 1. The van der Waals surface area contributed by atoms with Crippen LogP contribution in [0.15, 0.2) is 29.3 Å². The maximum absolute atomic E-state index is 11.4. The largest absolute Gasteiger partial charge is 0.370 e. The van der Waals surface area contributed by atoms with Gasteiger partial charge in [-0.3, -0.25) is 0 Å². The number of hydrogen-bond acceptors (Lipinski definition) is 3. The van der Waals surface area contributed by atoms with Crippen molar-refractivity contribution in [3.63, 3.8) is 0 Å². The number of nitrogens with two attached hydrogens (primary N) is 1. The van der Waals surface area contributed by atoms with Gasteiger partial charge in [0.1, 0.15) is 0 Å². The van der Waals surface area contributed by atoms with Crippen LogP contribution in [0.2, 0.25) is 0 Å². The molecule has 0 bridgehead atoms. The Morgan fingerprint density at radius 2 is 1.76 bits per heavy atom. The van der Waals surface area contributed by atoms with Crippen molar-refractivity contribution < 1.29 is 8.42 Å². The molecule has 0 amide bonds. The third kappa shape index (κ3) is 8.92. The van der Waals surface area contributed by atoms with Gasteiger partial charge in [-0.15, -0.1) is 24.0 Å². The highest BCUT2D eigenvalue weighted by molar-refractivity contribution is 14.0. The lowest BCUT2D eigenvalue weighted by Crippen LogP contribution is -2.45. The summed E-state index contributed by atoms with van der Waals surface area (Å²) in [5, 5.41) is 3.07. The molecule has 0 unspecified atom stereocenters. The van der Waals surface area contributed by atoms with Crippen LogP contribution in [0.4, 0.5) is 0 Å². The van der Waals surface area contributed by atoms with Crippen LogP contribution in [0, 0.1) is 0 Å². The minimum atomic E-state index is -3.06. The molecular weight excluding hydrogens is 401 g/mol. The second-order valence-electron chi connectivity index (χ2n) is 5.92. The molecular formula is C14H24IN3O2S. The molecule has 0 spiro atoms. The van der Waals surface area contributed by atoms with E-state index >= 15 is 0 Å². The summed E-state index contributed by atoms with van der Waals surface area (Å²) in [7, 11) is -3.06. The zero-order valence-electron chi connectivity index (χ0n) is 12.9. The molecule has 1 rings (SSSR count). The zero-order valence-corrected chi connectivity index (χ0v) is 16.0. The molecule has 1 aromatic rings. The highest BCUT2D eigenvalue weighted by Gasteiger charge is 2.11. The first kappa shape index (κ1) is 20.2. The summed E-state index contributed by atoms with van der Waals surface area (Å²) >= 11 is 0. The highest BCUT2D eigenvalue weighted by atomic mass is 127. The van der Waals surface area contributed by atoms with Crippen molar-refractivity contribution in [2.75, 3.05) is 6.26 Å². The standard InChI is InChI=1S/C14H23N3O2S.HI/c1-14(2,3)17-13(15)16-9-11-7-5-6-8-12(11)10-20(4,18)19;/h5-8H,9-10H2,1-4H3,(H3,15,16,17);1H. The van der Waals surface area contributed by atoms with Gasteiger partial charge in [0.15, 0.2) is 15.8 Å². The Kier molecular flexibility index (Phi) is 7.66. The summed E-state index contributed by atoms with van der Waals surface area (Å²) in [6.07, 6.45) is 1.22. The van der Waals surface area contributed by atoms with E-state index in [1.54, 1.807) is 6.07 Å². The summed E-state index contributed by atoms with van der Waals surface area (Å²) in [6, 6.07) is 7.36. The monoisotopic (exact) mass is 425 g/mol. The number of nitrogens with one attached hydrogen (secondary N) is 1. The average molecular weight is 425 g/mol. The number of guanidine groups is 1. The summed E-state index contributed by atoms with van der Waals surface area (Å²) < 4.78 is 22.8. The molecule has 0 aliphatic carbocycles. The number of rotatable bonds is 4. The maximum Gasteiger partial charge on any atom is 0.189 e. The molecule has 0 aromatic heterocycles. The quantitative estimate of drug-likeness (QED) is 0.440. The van der Waals surface area contributed by atoms with Crippen LogP contribution in [-0.4, -0.2) is 26.2 Å². The van der Waals surface area contributed by atoms with Crippen LogP contribution in [0.3, 0.4) is 0 Å². The van der Waals surface area contributed by atoms with Gasteiger partial charge in [0.25, 0.3) is 0 Å². The van der Waals surface area contributed by atoms with Crippen molar-refractivity contribution >= 4 is 39.8 Å². The van der Waals surface area contributed by atoms with E-state index in [0.29, 0.717) is 12.5 Å². The van der Waals surface area contributed by atoms with Gasteiger partial charge < -0.3 is 11.1 Å². The van der Waals surface area contributed by atoms with Crippen LogP contribution < -0.4 is 11.1 Å². The number of hydrogen-bond donors (Lipinski definition) is 2. The smallest absolute Gasteiger partial charge is 0.189 e. The molecule has 0 atom stereocenters. The lowest BCUT2D eigenvalue weighted by molar-refractivity contribution is 0.508. The van der Waals surface area contributed by atoms with E-state index in [4.69, 9.17) is 5.73 Å². The van der Waals surface area contributed by atoms with Gasteiger partial charge in [0.2, 0.25) is 0 Å². The molecule has 120 valence electrons. The Labute approximate surface area is 144 Å². The molecule has 0 radical (unpaired) electrons. The van der Waals surface area contributed by atoms with Crippen LogP contribution >= 0.6 is 24.0 Å². The minimum absolute atomic E-state index is 0. The summed E-state index contributed by atoms with van der Waals surface area (Å²) in [5.41, 5.74) is 7.29. The number of aliphatic imine (C=N–C) groups is 1. The zero-order chi connectivity index (χ0) is 15.4. The molecule has 0 saturated heterocycles. The summed E-state index contributed by atoms with van der Waals surface area (Å²) in [5.74, 6) is 0.373. The normalized spacial score (nSPS) is 12.7. The fraction of sp³-hybridized carbons (Fsp3) is 0.500. The molecule has 1 aromatic carbocycles. The Bertz CT molecular complexity index is 592. The lowest BCUT2D eigenvalue weighted by Gasteiger charge is -2.21. The first-order valence-corrected chi connectivity index (χ1v) is 8.45. The molecule has 0 saturated carbocycles. The molecule has 0 heterocycles. The third-order valence-electron chi connectivity index (χ3n) is 2.46. The molecule has 7 heteroatoms. The van der Waals surface area contributed by atoms with Crippen molar-refractivity contribution in [3.8, 4) is 0 Å². The predicted molar refractivity (Wildman–Crippen MR) is 98.6 cm³/mol. The molecule has 0 aliphatic rings. The van der Waals surface area contributed by atoms with E-state index in [9.17, 15) is 8.42 Å². The third-order valence-corrected chi connectivity index (χ3v) is 3.29. The maximum atomic E-state index is 11.4. The minimum Gasteiger partial charge on any atom is -0.370 e. The Hall–Kier alpha value is -0.830. The second kappa shape index (κ2) is 7.98. The van der Waals surface area contributed by atoms with Gasteiger partial charge in [-0.25, -0.2) is 13.4 Å². The fourth-order valence-electron chi connectivity index (χ4n) is 1.73. The van der Waals surface area contributed by atoms with Crippen molar-refractivity contribution in [3.05, 3.63) is 35.4 Å². The average Bonchev–Trinajstić information content (AvgIpc) is 2.23. The van der Waals surface area contributed by atoms with E-state index in [1.807, 2.05) is 39.0 Å². The SMILES string of the molecule is CC(C)(C)NC(N)=NCc1ccccc1CS(C)(=O)=O.I. The van der Waals surface area contributed by atoms with E-state index in [2.05, 4.69) is 10.3 Å². The predicted octanol–water partition coefficient (Wildman–Crippen LogP) is 2.05. The van der Waals surface area contributed by atoms with Crippen molar-refractivity contribution in [2.24, 2.45) is 10.7 Å². The van der Waals surface area contributed by atoms with E-state index in [-0.39, 0.29) is 35.3 Å². The topological polar surface area (TPSA) is 84.5 Å². The molecule has 0 aliphatic heterocycles. The first-order chi connectivity index (χ1) is 9.07. The van der Waals surface area contributed by atoms with Gasteiger partial charge in [-0.2, -0.15) is 0 Å². The Morgan fingerprint density at radius 3 is 2.24 bits per heavy atom. The number of benzene rings is 1. The number of nitrogens with zero attached hydrogens (tertiary/aromatic N) is 1. The van der Waals surface area contributed by atoms with Gasteiger partial charge in [-0.1, -0.05) is 24.3 Å². The molecule has 0 fully saturated rings. The molecule has 5 nitrogen and oxygen atoms in total. The van der Waals surface area contributed by atoms with Crippen molar-refractivity contribution in [1.29, 1.82) is 0 Å². The summed E-state index contributed by atoms with van der Waals surface area (Å²) in [4.78, 5) is 4.26. The van der Waals surface area contributed by atoms with Gasteiger partial charge in [-0.05, 0) is 31.9 Å². The van der Waals surface area contributed by atoms with Gasteiger partial charge >= 0.3 is 0 Å². The van der Waals surface area contributed by atoms with Crippen LogP contribution in [0.1, 0.15) is 31.9 Å². The fourth-order valence-corrected chi connectivity index (χ4v) is 2.58. The van der Waals surface area contributed by atoms with Crippen molar-refractivity contribution in [2.45, 2.75) is 38.6 Å². The van der Waals surface area contributed by atoms with E-state index < -0.39 is 9.84 Å². The van der Waals surface area contributed by atoms with E-state index in [0.717, 1.165) is 11.1 Å². The van der Waals surface area contributed by atoms with Crippen LogP contribution in [0.25, 0.3) is 0 Å². The number of halogens is 1.